The van der Waals surface area contributed by atoms with Crippen molar-refractivity contribution in [2.24, 2.45) is 0 Å². The van der Waals surface area contributed by atoms with Crippen LogP contribution in [0.4, 0.5) is 9.59 Å². The second-order valence-electron chi connectivity index (χ2n) is 8.96. The summed E-state index contributed by atoms with van der Waals surface area (Å²) in [5.74, 6) is -2.40. The highest BCUT2D eigenvalue weighted by Crippen LogP contribution is 2.44. The van der Waals surface area contributed by atoms with Gasteiger partial charge in [-0.15, -0.1) is 0 Å². The van der Waals surface area contributed by atoms with Crippen molar-refractivity contribution in [3.05, 3.63) is 95.6 Å². The van der Waals surface area contributed by atoms with Crippen LogP contribution in [0.5, 0.6) is 0 Å². The van der Waals surface area contributed by atoms with Crippen LogP contribution in [-0.4, -0.2) is 71.4 Å². The molecule has 3 aromatic carbocycles. The SMILES string of the molecule is O=C(O)CN(CC(=O)[C@@H](CO)NC(=O)OCc1ccccc1)C(=O)OCC1c2ccccc2-c2ccccc21. The Hall–Kier alpha value is -4.70. The summed E-state index contributed by atoms with van der Waals surface area (Å²) in [6.07, 6.45) is -1.95. The third kappa shape index (κ3) is 6.79. The minimum absolute atomic E-state index is 0.0517. The summed E-state index contributed by atoms with van der Waals surface area (Å²) in [7, 11) is 0. The number of aliphatic hydroxyl groups excluding tert-OH is 1. The fourth-order valence-corrected chi connectivity index (χ4v) is 4.47. The molecule has 0 heterocycles. The fraction of sp³-hybridized carbons (Fsp3) is 0.241. The Labute approximate surface area is 224 Å². The largest absolute Gasteiger partial charge is 0.480 e. The molecule has 0 saturated carbocycles. The van der Waals surface area contributed by atoms with Crippen molar-refractivity contribution in [1.29, 1.82) is 0 Å². The van der Waals surface area contributed by atoms with Gasteiger partial charge >= 0.3 is 18.2 Å². The van der Waals surface area contributed by atoms with Gasteiger partial charge in [0.25, 0.3) is 0 Å². The van der Waals surface area contributed by atoms with Crippen LogP contribution in [0.25, 0.3) is 11.1 Å². The molecule has 1 aliphatic rings. The molecule has 0 bridgehead atoms. The number of nitrogens with zero attached hydrogens (tertiary/aromatic N) is 1. The highest BCUT2D eigenvalue weighted by Gasteiger charge is 2.31. The van der Waals surface area contributed by atoms with Crippen LogP contribution < -0.4 is 5.32 Å². The summed E-state index contributed by atoms with van der Waals surface area (Å²) < 4.78 is 10.6. The molecule has 0 aromatic heterocycles. The Balaban J connectivity index is 1.37. The number of amides is 2. The Morgan fingerprint density at radius 3 is 2.00 bits per heavy atom. The zero-order valence-corrected chi connectivity index (χ0v) is 21.0. The van der Waals surface area contributed by atoms with Gasteiger partial charge in [0.1, 0.15) is 25.8 Å². The number of aliphatic hydroxyl groups is 1. The Kier molecular flexibility index (Phi) is 8.90. The minimum Gasteiger partial charge on any atom is -0.480 e. The molecule has 3 aromatic rings. The number of hydrogen-bond donors (Lipinski definition) is 3. The fourth-order valence-electron chi connectivity index (χ4n) is 4.47. The zero-order valence-electron chi connectivity index (χ0n) is 21.0. The summed E-state index contributed by atoms with van der Waals surface area (Å²) in [6, 6.07) is 22.9. The van der Waals surface area contributed by atoms with Gasteiger partial charge in [0.15, 0.2) is 5.78 Å². The van der Waals surface area contributed by atoms with Crippen LogP contribution >= 0.6 is 0 Å². The molecular weight excluding hydrogens is 504 g/mol. The maximum atomic E-state index is 12.9. The molecule has 1 atom stereocenters. The van der Waals surface area contributed by atoms with Crippen molar-refractivity contribution in [3.8, 4) is 11.1 Å². The van der Waals surface area contributed by atoms with Gasteiger partial charge in [-0.1, -0.05) is 78.9 Å². The molecule has 0 fully saturated rings. The first-order valence-corrected chi connectivity index (χ1v) is 12.3. The van der Waals surface area contributed by atoms with Crippen LogP contribution in [0.1, 0.15) is 22.6 Å². The quantitative estimate of drug-likeness (QED) is 0.342. The second-order valence-corrected chi connectivity index (χ2v) is 8.96. The van der Waals surface area contributed by atoms with E-state index in [0.29, 0.717) is 0 Å². The van der Waals surface area contributed by atoms with E-state index in [1.807, 2.05) is 54.6 Å². The summed E-state index contributed by atoms with van der Waals surface area (Å²) >= 11 is 0. The lowest BCUT2D eigenvalue weighted by atomic mass is 9.98. The van der Waals surface area contributed by atoms with Crippen molar-refractivity contribution in [1.82, 2.24) is 10.2 Å². The summed E-state index contributed by atoms with van der Waals surface area (Å²) in [4.78, 5) is 50.0. The van der Waals surface area contributed by atoms with E-state index in [4.69, 9.17) is 9.47 Å². The van der Waals surface area contributed by atoms with Crippen LogP contribution in [0.2, 0.25) is 0 Å². The molecule has 1 aliphatic carbocycles. The lowest BCUT2D eigenvalue weighted by Gasteiger charge is -2.23. The number of carboxylic acid groups (broad SMARTS) is 1. The zero-order chi connectivity index (χ0) is 27.8. The molecule has 0 spiro atoms. The lowest BCUT2D eigenvalue weighted by molar-refractivity contribution is -0.138. The first kappa shape index (κ1) is 27.3. The Bertz CT molecular complexity index is 1300. The van der Waals surface area contributed by atoms with Gasteiger partial charge in [0.05, 0.1) is 13.2 Å². The Morgan fingerprint density at radius 2 is 1.41 bits per heavy atom. The molecule has 0 radical (unpaired) electrons. The molecule has 10 nitrogen and oxygen atoms in total. The minimum atomic E-state index is -1.41. The van der Waals surface area contributed by atoms with Gasteiger partial charge in [-0.3, -0.25) is 14.5 Å². The number of hydrogen-bond acceptors (Lipinski definition) is 7. The highest BCUT2D eigenvalue weighted by molar-refractivity contribution is 5.92. The third-order valence-corrected chi connectivity index (χ3v) is 6.34. The van der Waals surface area contributed by atoms with Crippen LogP contribution in [0.3, 0.4) is 0 Å². The molecule has 3 N–H and O–H groups in total. The summed E-state index contributed by atoms with van der Waals surface area (Å²) in [5.41, 5.74) is 4.74. The summed E-state index contributed by atoms with van der Waals surface area (Å²) in [6.45, 7) is -2.40. The standard InChI is InChI=1S/C29H28N2O8/c32-16-25(30-28(36)38-17-19-8-2-1-3-9-19)26(33)14-31(15-27(34)35)29(37)39-18-24-22-12-6-4-10-20(22)21-11-5-7-13-23(21)24/h1-13,24-25,32H,14-18H2,(H,30,36)(H,34,35)/t25-/m1/s1. The van der Waals surface area contributed by atoms with E-state index < -0.39 is 49.7 Å². The Morgan fingerprint density at radius 1 is 0.821 bits per heavy atom. The van der Waals surface area contributed by atoms with E-state index in [2.05, 4.69) is 5.32 Å². The maximum absolute atomic E-state index is 12.9. The number of aliphatic carboxylic acids is 1. The molecule has 0 aliphatic heterocycles. The summed E-state index contributed by atoms with van der Waals surface area (Å²) in [5, 5.41) is 21.2. The van der Waals surface area contributed by atoms with Gasteiger partial charge in [0, 0.05) is 5.92 Å². The van der Waals surface area contributed by atoms with Crippen LogP contribution in [-0.2, 0) is 25.7 Å². The molecule has 202 valence electrons. The molecule has 0 saturated heterocycles. The molecular formula is C29H28N2O8. The van der Waals surface area contributed by atoms with E-state index in [9.17, 15) is 29.4 Å². The number of ether oxygens (including phenoxy) is 2. The number of benzene rings is 3. The number of Topliss-reactive ketones (excluding diaryl/α,β-unsaturated/α-hetero) is 1. The molecule has 4 rings (SSSR count). The second kappa shape index (κ2) is 12.7. The average Bonchev–Trinajstić information content (AvgIpc) is 3.27. The maximum Gasteiger partial charge on any atom is 0.410 e. The van der Waals surface area contributed by atoms with E-state index in [1.54, 1.807) is 24.3 Å². The molecule has 2 amide bonds. The monoisotopic (exact) mass is 532 g/mol. The molecule has 39 heavy (non-hydrogen) atoms. The smallest absolute Gasteiger partial charge is 0.410 e. The lowest BCUT2D eigenvalue weighted by Crippen LogP contribution is -2.49. The average molecular weight is 533 g/mol. The number of carboxylic acids is 1. The number of fused-ring (bicyclic) bond motifs is 3. The van der Waals surface area contributed by atoms with E-state index in [0.717, 1.165) is 32.7 Å². The van der Waals surface area contributed by atoms with Crippen molar-refractivity contribution in [2.75, 3.05) is 26.3 Å². The van der Waals surface area contributed by atoms with Crippen molar-refractivity contribution >= 4 is 23.9 Å². The van der Waals surface area contributed by atoms with Gasteiger partial charge in [-0.2, -0.15) is 0 Å². The highest BCUT2D eigenvalue weighted by atomic mass is 16.6. The van der Waals surface area contributed by atoms with Crippen molar-refractivity contribution in [2.45, 2.75) is 18.6 Å². The predicted octanol–water partition coefficient (Wildman–Crippen LogP) is 3.18. The van der Waals surface area contributed by atoms with E-state index in [-0.39, 0.29) is 19.1 Å². The van der Waals surface area contributed by atoms with Gasteiger partial charge in [-0.05, 0) is 27.8 Å². The van der Waals surface area contributed by atoms with Crippen molar-refractivity contribution < 1.29 is 38.9 Å². The van der Waals surface area contributed by atoms with Gasteiger partial charge < -0.3 is 25.0 Å². The predicted molar refractivity (Wildman–Crippen MR) is 140 cm³/mol. The topological polar surface area (TPSA) is 142 Å². The normalized spacial score (nSPS) is 12.5. The first-order valence-electron chi connectivity index (χ1n) is 12.3. The molecule has 0 unspecified atom stereocenters. The third-order valence-electron chi connectivity index (χ3n) is 6.34. The number of nitrogens with one attached hydrogen (secondary N) is 1. The van der Waals surface area contributed by atoms with Crippen LogP contribution in [0, 0.1) is 0 Å². The van der Waals surface area contributed by atoms with Gasteiger partial charge in [-0.25, -0.2) is 9.59 Å². The van der Waals surface area contributed by atoms with E-state index in [1.165, 1.54) is 0 Å². The number of ketones is 1. The first-order chi connectivity index (χ1) is 18.9. The number of carbonyl (C=O) groups excluding carboxylic acids is 3. The number of carbonyl (C=O) groups is 4. The number of alkyl carbamates (subject to hydrolysis) is 1. The van der Waals surface area contributed by atoms with Gasteiger partial charge in [0.2, 0.25) is 0 Å². The van der Waals surface area contributed by atoms with Crippen LogP contribution in [0.15, 0.2) is 78.9 Å². The number of rotatable bonds is 11. The van der Waals surface area contributed by atoms with Crippen molar-refractivity contribution in [3.63, 3.8) is 0 Å². The van der Waals surface area contributed by atoms with E-state index >= 15 is 0 Å². The molecule has 10 heteroatoms.